The van der Waals surface area contributed by atoms with Gasteiger partial charge < -0.3 is 0 Å². The standard InChI is InChI=1S/C15H11Cl2NS2/c16-12-4-5-13(14(19)20)10(8-12)7-11-3-1-2-6-15(11,17)9-18/h1-6,8,11H,7H2,(H,19,20). The van der Waals surface area contributed by atoms with E-state index in [1.165, 1.54) is 0 Å². The molecule has 0 amide bonds. The predicted molar refractivity (Wildman–Crippen MR) is 91.8 cm³/mol. The zero-order valence-electron chi connectivity index (χ0n) is 10.4. The number of benzene rings is 1. The van der Waals surface area contributed by atoms with Gasteiger partial charge in [0.2, 0.25) is 0 Å². The maximum Gasteiger partial charge on any atom is 0.155 e. The second-order valence-corrected chi connectivity index (χ2v) is 6.76. The minimum absolute atomic E-state index is 0.140. The van der Waals surface area contributed by atoms with Crippen molar-refractivity contribution in [1.82, 2.24) is 0 Å². The lowest BCUT2D eigenvalue weighted by Gasteiger charge is -2.27. The zero-order valence-corrected chi connectivity index (χ0v) is 13.6. The van der Waals surface area contributed by atoms with Crippen LogP contribution in [0.4, 0.5) is 0 Å². The SMILES string of the molecule is N#CC1(Cl)C=CC=CC1Cc1cc(Cl)ccc1C(=S)S. The van der Waals surface area contributed by atoms with Crippen molar-refractivity contribution in [2.75, 3.05) is 0 Å². The van der Waals surface area contributed by atoms with Crippen LogP contribution in [0.25, 0.3) is 0 Å². The highest BCUT2D eigenvalue weighted by Crippen LogP contribution is 2.34. The summed E-state index contributed by atoms with van der Waals surface area (Å²) in [5.74, 6) is -0.140. The number of hydrogen-bond donors (Lipinski definition) is 1. The first-order valence-corrected chi connectivity index (χ1v) is 7.55. The zero-order chi connectivity index (χ0) is 14.8. The number of alkyl halides is 1. The molecule has 0 aromatic heterocycles. The van der Waals surface area contributed by atoms with Crippen molar-refractivity contribution in [2.24, 2.45) is 5.92 Å². The van der Waals surface area contributed by atoms with Crippen LogP contribution in [0.15, 0.2) is 42.5 Å². The van der Waals surface area contributed by atoms with E-state index < -0.39 is 4.87 Å². The van der Waals surface area contributed by atoms with Crippen LogP contribution in [0.1, 0.15) is 11.1 Å². The van der Waals surface area contributed by atoms with Gasteiger partial charge in [-0.1, -0.05) is 59.7 Å². The molecule has 2 rings (SSSR count). The summed E-state index contributed by atoms with van der Waals surface area (Å²) in [4.78, 5) is -1.04. The van der Waals surface area contributed by atoms with E-state index in [0.717, 1.165) is 11.1 Å². The molecule has 0 N–H and O–H groups in total. The van der Waals surface area contributed by atoms with Gasteiger partial charge in [-0.3, -0.25) is 0 Å². The lowest BCUT2D eigenvalue weighted by Crippen LogP contribution is -2.30. The molecular formula is C15H11Cl2NS2. The second-order valence-electron chi connectivity index (χ2n) is 4.54. The molecular weight excluding hydrogens is 329 g/mol. The number of thiol groups is 1. The summed E-state index contributed by atoms with van der Waals surface area (Å²) < 4.78 is 0.504. The summed E-state index contributed by atoms with van der Waals surface area (Å²) in [6.45, 7) is 0. The van der Waals surface area contributed by atoms with E-state index in [9.17, 15) is 5.26 Å². The van der Waals surface area contributed by atoms with Crippen molar-refractivity contribution in [2.45, 2.75) is 11.3 Å². The number of rotatable bonds is 3. The summed E-state index contributed by atoms with van der Waals surface area (Å²) in [6, 6.07) is 7.62. The van der Waals surface area contributed by atoms with Gasteiger partial charge in [-0.15, -0.1) is 12.6 Å². The van der Waals surface area contributed by atoms with Gasteiger partial charge in [0.15, 0.2) is 4.87 Å². The predicted octanol–water partition coefficient (Wildman–Crippen LogP) is 4.73. The fourth-order valence-electron chi connectivity index (χ4n) is 2.17. The molecule has 1 aliphatic carbocycles. The van der Waals surface area contributed by atoms with Crippen LogP contribution in [0.2, 0.25) is 5.02 Å². The van der Waals surface area contributed by atoms with Gasteiger partial charge in [-0.2, -0.15) is 5.26 Å². The fraction of sp³-hybridized carbons (Fsp3) is 0.200. The Hall–Kier alpha value is -0.790. The Kier molecular flexibility index (Phi) is 4.93. The third kappa shape index (κ3) is 3.27. The topological polar surface area (TPSA) is 23.8 Å². The summed E-state index contributed by atoms with van der Waals surface area (Å²) in [5, 5.41) is 9.92. The first kappa shape index (κ1) is 15.6. The minimum atomic E-state index is -1.04. The maximum absolute atomic E-state index is 9.30. The van der Waals surface area contributed by atoms with Gasteiger partial charge in [0, 0.05) is 16.5 Å². The number of nitrogens with zero attached hydrogens (tertiary/aromatic N) is 1. The molecule has 102 valence electrons. The summed E-state index contributed by atoms with van der Waals surface area (Å²) in [6.07, 6.45) is 7.90. The highest BCUT2D eigenvalue weighted by atomic mass is 35.5. The van der Waals surface area contributed by atoms with Crippen molar-refractivity contribution in [1.29, 1.82) is 5.26 Å². The number of allylic oxidation sites excluding steroid dienone is 4. The summed E-state index contributed by atoms with van der Waals surface area (Å²) in [5.41, 5.74) is 1.80. The second kappa shape index (κ2) is 6.32. The molecule has 0 saturated heterocycles. The van der Waals surface area contributed by atoms with Gasteiger partial charge in [0.1, 0.15) is 0 Å². The normalized spacial score (nSPS) is 24.4. The molecule has 0 radical (unpaired) electrons. The largest absolute Gasteiger partial charge is 0.196 e. The Morgan fingerprint density at radius 2 is 2.20 bits per heavy atom. The molecule has 2 unspecified atom stereocenters. The van der Waals surface area contributed by atoms with Crippen molar-refractivity contribution in [3.05, 3.63) is 58.7 Å². The van der Waals surface area contributed by atoms with Gasteiger partial charge in [0.25, 0.3) is 0 Å². The Balaban J connectivity index is 2.37. The van der Waals surface area contributed by atoms with Crippen LogP contribution in [0, 0.1) is 17.2 Å². The molecule has 0 bridgehead atoms. The fourth-order valence-corrected chi connectivity index (χ4v) is 3.01. The van der Waals surface area contributed by atoms with Crippen molar-refractivity contribution < 1.29 is 0 Å². The van der Waals surface area contributed by atoms with Crippen LogP contribution in [0.3, 0.4) is 0 Å². The Morgan fingerprint density at radius 1 is 1.45 bits per heavy atom. The molecule has 0 spiro atoms. The minimum Gasteiger partial charge on any atom is -0.196 e. The van der Waals surface area contributed by atoms with Gasteiger partial charge in [-0.25, -0.2) is 0 Å². The average Bonchev–Trinajstić information content (AvgIpc) is 2.41. The molecule has 20 heavy (non-hydrogen) atoms. The molecule has 1 aromatic carbocycles. The summed E-state index contributed by atoms with van der Waals surface area (Å²) in [7, 11) is 0. The van der Waals surface area contributed by atoms with E-state index >= 15 is 0 Å². The average molecular weight is 340 g/mol. The highest BCUT2D eigenvalue weighted by molar-refractivity contribution is 8.11. The molecule has 0 aliphatic heterocycles. The van der Waals surface area contributed by atoms with E-state index in [2.05, 4.69) is 18.7 Å². The lowest BCUT2D eigenvalue weighted by atomic mass is 9.83. The molecule has 1 nitrogen and oxygen atoms in total. The van der Waals surface area contributed by atoms with Crippen molar-refractivity contribution in [3.63, 3.8) is 0 Å². The van der Waals surface area contributed by atoms with Crippen LogP contribution in [-0.4, -0.2) is 9.07 Å². The lowest BCUT2D eigenvalue weighted by molar-refractivity contribution is 0.586. The Morgan fingerprint density at radius 3 is 2.85 bits per heavy atom. The first-order valence-electron chi connectivity index (χ1n) is 5.94. The smallest absolute Gasteiger partial charge is 0.155 e. The van der Waals surface area contributed by atoms with Crippen molar-refractivity contribution in [3.8, 4) is 6.07 Å². The molecule has 0 heterocycles. The van der Waals surface area contributed by atoms with Gasteiger partial charge >= 0.3 is 0 Å². The third-order valence-corrected chi connectivity index (χ3v) is 4.43. The van der Waals surface area contributed by atoms with Gasteiger partial charge in [0.05, 0.1) is 10.3 Å². The van der Waals surface area contributed by atoms with E-state index in [1.807, 2.05) is 24.3 Å². The molecule has 0 fully saturated rings. The van der Waals surface area contributed by atoms with Gasteiger partial charge in [-0.05, 0) is 30.2 Å². The molecule has 1 aliphatic rings. The van der Waals surface area contributed by atoms with E-state index in [-0.39, 0.29) is 5.92 Å². The van der Waals surface area contributed by atoms with Crippen LogP contribution >= 0.6 is 48.0 Å². The Labute approximate surface area is 139 Å². The summed E-state index contributed by atoms with van der Waals surface area (Å²) >= 11 is 21.8. The molecule has 2 atom stereocenters. The maximum atomic E-state index is 9.30. The molecule has 0 saturated carbocycles. The van der Waals surface area contributed by atoms with Crippen molar-refractivity contribution >= 4 is 52.2 Å². The van der Waals surface area contributed by atoms with E-state index in [1.54, 1.807) is 18.2 Å². The first-order chi connectivity index (χ1) is 9.46. The van der Waals surface area contributed by atoms with E-state index in [4.69, 9.17) is 35.4 Å². The Bertz CT molecular complexity index is 646. The highest BCUT2D eigenvalue weighted by Gasteiger charge is 2.34. The van der Waals surface area contributed by atoms with Crippen LogP contribution in [-0.2, 0) is 6.42 Å². The number of hydrogen-bond acceptors (Lipinski definition) is 2. The van der Waals surface area contributed by atoms with Crippen LogP contribution < -0.4 is 0 Å². The number of nitriles is 1. The molecule has 5 heteroatoms. The number of thiocarbonyl (C=S) groups is 1. The van der Waals surface area contributed by atoms with Crippen LogP contribution in [0.5, 0.6) is 0 Å². The number of halogens is 2. The molecule has 1 aromatic rings. The van der Waals surface area contributed by atoms with E-state index in [0.29, 0.717) is 15.6 Å². The third-order valence-electron chi connectivity index (χ3n) is 3.24. The monoisotopic (exact) mass is 339 g/mol. The quantitative estimate of drug-likeness (QED) is 0.488.